The van der Waals surface area contributed by atoms with Gasteiger partial charge in [-0.15, -0.1) is 0 Å². The van der Waals surface area contributed by atoms with Crippen molar-refractivity contribution in [1.29, 1.82) is 0 Å². The van der Waals surface area contributed by atoms with Crippen molar-refractivity contribution in [2.45, 2.75) is 205 Å². The van der Waals surface area contributed by atoms with Crippen molar-refractivity contribution in [2.75, 3.05) is 27.3 Å². The van der Waals surface area contributed by atoms with Crippen molar-refractivity contribution >= 4 is 29.4 Å². The molecule has 0 spiro atoms. The SMILES string of the molecule is CC[C@@H]1OC(=O)[C@H](C)[C@@H](O[C@@H]2C[C@](C)(OC)[C@H](O)[C@@H](C)O2)[C@H](C)[C@@H](O[C@H]2O[C@@H](C)C[C@@H](N(Cc3ccco3)CC3CC3)[C@@H]2O)[C@@](C)(OC)C[C@@H](C)C(=O)[C@@H](C)[C@H]2N(CCc3ccc(F)c(Cl)c3)C(=O)O[C@]12C. The first kappa shape index (κ1) is 56.5. The number of halogens is 2. The molecule has 404 valence electrons. The van der Waals surface area contributed by atoms with Crippen LogP contribution in [0.15, 0.2) is 41.0 Å². The molecule has 4 saturated heterocycles. The fraction of sp³-hybridized carbons (Fsp3) is 0.759. The van der Waals surface area contributed by atoms with Gasteiger partial charge in [0.15, 0.2) is 18.2 Å². The smallest absolute Gasteiger partial charge is 0.410 e. The minimum atomic E-state index is -1.51. The number of hydrogen-bond acceptors (Lipinski definition) is 15. The fourth-order valence-electron chi connectivity index (χ4n) is 12.2. The maximum Gasteiger partial charge on any atom is 0.410 e. The third kappa shape index (κ3) is 11.9. The number of rotatable bonds is 15. The lowest BCUT2D eigenvalue weighted by molar-refractivity contribution is -0.320. The maximum absolute atomic E-state index is 15.2. The lowest BCUT2D eigenvalue weighted by Gasteiger charge is -2.50. The van der Waals surface area contributed by atoms with Gasteiger partial charge in [0.1, 0.15) is 35.7 Å². The third-order valence-electron chi connectivity index (χ3n) is 16.7. The molecule has 2 N–H and O–H groups in total. The van der Waals surface area contributed by atoms with Gasteiger partial charge in [-0.25, -0.2) is 9.18 Å². The van der Waals surface area contributed by atoms with Crippen LogP contribution in [0.2, 0.25) is 5.02 Å². The zero-order valence-electron chi connectivity index (χ0n) is 44.2. The number of Topliss-reactive ketones (excluding diaryl/α,β-unsaturated/α-hetero) is 1. The number of aliphatic hydroxyl groups excluding tert-OH is 2. The molecule has 1 aromatic heterocycles. The molecular formula is C54H80ClFN2O14. The molecule has 5 aliphatic rings. The quantitative estimate of drug-likeness (QED) is 0.164. The van der Waals surface area contributed by atoms with Gasteiger partial charge in [-0.05, 0) is 116 Å². The summed E-state index contributed by atoms with van der Waals surface area (Å²) in [6.07, 6.45) is -4.18. The second kappa shape index (κ2) is 22.9. The van der Waals surface area contributed by atoms with E-state index in [1.165, 1.54) is 31.3 Å². The van der Waals surface area contributed by atoms with Gasteiger partial charge >= 0.3 is 12.1 Å². The monoisotopic (exact) mass is 1030 g/mol. The second-order valence-corrected chi connectivity index (χ2v) is 22.5. The van der Waals surface area contributed by atoms with Crippen molar-refractivity contribution in [3.05, 3.63) is 58.8 Å². The summed E-state index contributed by atoms with van der Waals surface area (Å²) in [5.74, 6) is -3.59. The second-order valence-electron chi connectivity index (χ2n) is 22.1. The van der Waals surface area contributed by atoms with Crippen LogP contribution in [0.3, 0.4) is 0 Å². The van der Waals surface area contributed by atoms with Crippen LogP contribution in [0.1, 0.15) is 119 Å². The molecule has 1 aromatic carbocycles. The van der Waals surface area contributed by atoms with Gasteiger partial charge in [-0.3, -0.25) is 19.4 Å². The highest BCUT2D eigenvalue weighted by molar-refractivity contribution is 6.30. The maximum atomic E-state index is 15.2. The van der Waals surface area contributed by atoms with E-state index in [-0.39, 0.29) is 55.2 Å². The molecule has 1 aliphatic carbocycles. The Morgan fingerprint density at radius 1 is 0.931 bits per heavy atom. The van der Waals surface area contributed by atoms with Crippen molar-refractivity contribution < 1.29 is 71.3 Å². The lowest BCUT2D eigenvalue weighted by Crippen LogP contribution is -2.62. The van der Waals surface area contributed by atoms with Crippen LogP contribution in [0.25, 0.3) is 0 Å². The molecule has 4 aliphatic heterocycles. The number of amides is 1. The van der Waals surface area contributed by atoms with Gasteiger partial charge in [-0.2, -0.15) is 0 Å². The predicted molar refractivity (Wildman–Crippen MR) is 263 cm³/mol. The number of furan rings is 1. The van der Waals surface area contributed by atoms with E-state index in [1.807, 2.05) is 46.8 Å². The van der Waals surface area contributed by atoms with Crippen molar-refractivity contribution in [3.8, 4) is 0 Å². The highest BCUT2D eigenvalue weighted by atomic mass is 35.5. The van der Waals surface area contributed by atoms with Crippen LogP contribution < -0.4 is 0 Å². The minimum Gasteiger partial charge on any atom is -0.468 e. The standard InChI is InChI=1S/C54H80ClFN2O14/c1-13-41-54(10)46(58(51(63)72-54)21-20-35-18-19-39(56)38(55)24-35)31(4)43(59)29(2)25-53(9,65-12)48(32(5)45(33(6)49(62)69-41)70-42-26-52(8,64-11)47(61)34(7)68-42)71-50-44(60)40(23-30(3)67-50)57(27-36-16-17-36)28-37-15-14-22-66-37/h14-15,18-19,22,24,29-34,36,40-42,44-48,50,60-61H,13,16-17,20-21,23,25-28H2,1-12H3/t29-,30+,31-,32+,33-,34-,40-,41+,42-,44+,45+,46-,47-,48-,50-,52+,53+,54-/m1/s1. The molecule has 16 nitrogen and oxygen atoms in total. The van der Waals surface area contributed by atoms with E-state index in [2.05, 4.69) is 4.90 Å². The molecule has 0 unspecified atom stereocenters. The molecule has 5 heterocycles. The summed E-state index contributed by atoms with van der Waals surface area (Å²) in [5, 5.41) is 23.7. The van der Waals surface area contributed by atoms with E-state index in [0.29, 0.717) is 24.4 Å². The Hall–Kier alpha value is -3.23. The summed E-state index contributed by atoms with van der Waals surface area (Å²) in [5.41, 5.74) is -3.25. The van der Waals surface area contributed by atoms with Gasteiger partial charge < -0.3 is 52.5 Å². The minimum absolute atomic E-state index is 0.0572. The van der Waals surface area contributed by atoms with Gasteiger partial charge in [0.05, 0.1) is 65.4 Å². The van der Waals surface area contributed by atoms with Crippen molar-refractivity contribution in [1.82, 2.24) is 9.80 Å². The Labute approximate surface area is 429 Å². The first-order chi connectivity index (χ1) is 34.0. The number of carbonyl (C=O) groups excluding carboxylic acids is 3. The molecule has 1 saturated carbocycles. The number of ketones is 1. The van der Waals surface area contributed by atoms with E-state index in [0.717, 1.165) is 25.1 Å². The van der Waals surface area contributed by atoms with Gasteiger partial charge in [-0.1, -0.05) is 45.4 Å². The number of cyclic esters (lactones) is 1. The van der Waals surface area contributed by atoms with E-state index < -0.39 is 114 Å². The zero-order valence-corrected chi connectivity index (χ0v) is 45.0. The molecule has 18 atom stereocenters. The molecule has 7 rings (SSSR count). The van der Waals surface area contributed by atoms with Crippen LogP contribution >= 0.6 is 11.6 Å². The summed E-state index contributed by atoms with van der Waals surface area (Å²) < 4.78 is 72.2. The third-order valence-corrected chi connectivity index (χ3v) is 17.0. The average molecular weight is 1040 g/mol. The summed E-state index contributed by atoms with van der Waals surface area (Å²) in [4.78, 5) is 48.2. The molecule has 2 aromatic rings. The van der Waals surface area contributed by atoms with Crippen LogP contribution in [-0.4, -0.2) is 149 Å². The zero-order chi connectivity index (χ0) is 52.6. The van der Waals surface area contributed by atoms with Crippen LogP contribution in [0.5, 0.6) is 0 Å². The van der Waals surface area contributed by atoms with Crippen molar-refractivity contribution in [2.24, 2.45) is 29.6 Å². The molecule has 5 fully saturated rings. The highest BCUT2D eigenvalue weighted by Gasteiger charge is 2.61. The summed E-state index contributed by atoms with van der Waals surface area (Å²) >= 11 is 6.15. The topological polar surface area (TPSA) is 185 Å². The number of carbonyl (C=O) groups is 3. The van der Waals surface area contributed by atoms with Gasteiger partial charge in [0, 0.05) is 57.5 Å². The summed E-state index contributed by atoms with van der Waals surface area (Å²) in [6, 6.07) is 6.83. The molecular weight excluding hydrogens is 955 g/mol. The number of fused-ring (bicyclic) bond motifs is 1. The predicted octanol–water partition coefficient (Wildman–Crippen LogP) is 7.89. The number of benzene rings is 1. The normalized spacial score (nSPS) is 40.4. The molecule has 18 heteroatoms. The summed E-state index contributed by atoms with van der Waals surface area (Å²) in [7, 11) is 3.05. The fourth-order valence-corrected chi connectivity index (χ4v) is 12.4. The first-order valence-corrected chi connectivity index (χ1v) is 26.4. The Kier molecular flexibility index (Phi) is 18.0. The van der Waals surface area contributed by atoms with Gasteiger partial charge in [0.2, 0.25) is 0 Å². The Bertz CT molecular complexity index is 2170. The number of hydrogen-bond donors (Lipinski definition) is 2. The molecule has 0 bridgehead atoms. The van der Waals surface area contributed by atoms with E-state index in [1.54, 1.807) is 46.9 Å². The van der Waals surface area contributed by atoms with Crippen LogP contribution in [0, 0.1) is 35.4 Å². The summed E-state index contributed by atoms with van der Waals surface area (Å²) in [6.45, 7) is 19.3. The van der Waals surface area contributed by atoms with Crippen LogP contribution in [-0.2, 0) is 60.4 Å². The van der Waals surface area contributed by atoms with Crippen LogP contribution in [0.4, 0.5) is 9.18 Å². The van der Waals surface area contributed by atoms with Crippen molar-refractivity contribution in [3.63, 3.8) is 0 Å². The van der Waals surface area contributed by atoms with E-state index >= 15 is 9.59 Å². The Balaban J connectivity index is 1.29. The van der Waals surface area contributed by atoms with E-state index in [4.69, 9.17) is 53.9 Å². The number of aliphatic hydroxyl groups is 2. The molecule has 1 amide bonds. The Morgan fingerprint density at radius 3 is 2.26 bits per heavy atom. The Morgan fingerprint density at radius 2 is 1.64 bits per heavy atom. The largest absolute Gasteiger partial charge is 0.468 e. The first-order valence-electron chi connectivity index (χ1n) is 26.0. The number of methoxy groups -OCH3 is 2. The number of esters is 1. The number of ether oxygens (including phenoxy) is 8. The van der Waals surface area contributed by atoms with Gasteiger partial charge in [0.25, 0.3) is 0 Å². The number of nitrogens with zero attached hydrogens (tertiary/aromatic N) is 2. The van der Waals surface area contributed by atoms with E-state index in [9.17, 15) is 19.4 Å². The molecule has 0 radical (unpaired) electrons. The highest BCUT2D eigenvalue weighted by Crippen LogP contribution is 2.45. The molecule has 72 heavy (non-hydrogen) atoms. The lowest BCUT2D eigenvalue weighted by atomic mass is 9.73. The average Bonchev–Trinajstić information content (AvgIpc) is 3.93.